The number of hydrogen-bond acceptors (Lipinski definition) is 4. The zero-order valence-corrected chi connectivity index (χ0v) is 18.8. The smallest absolute Gasteiger partial charge is 0.412 e. The standard InChI is InChI=1S/C25H38N2O3/c1-4-5-6-9-14-29-22-11-8-7-10-21(22)26-25(28)30-24-20-16-17-12-13-18(20)15-19(17)23(24)27(2)3/h7-8,10-11,17-20,23-24H,4-6,9,12-16H2,1-3H3,(H,26,28). The number of carbonyl (C=O) groups is 1. The van der Waals surface area contributed by atoms with Crippen LogP contribution in [0.5, 0.6) is 5.75 Å². The average Bonchev–Trinajstić information content (AvgIpc) is 2.74. The van der Waals surface area contributed by atoms with Crippen LogP contribution in [0.25, 0.3) is 0 Å². The number of ether oxygens (including phenoxy) is 2. The van der Waals surface area contributed by atoms with Gasteiger partial charge in [-0.2, -0.15) is 0 Å². The Morgan fingerprint density at radius 2 is 1.80 bits per heavy atom. The van der Waals surface area contributed by atoms with Crippen molar-refractivity contribution in [3.63, 3.8) is 0 Å². The number of para-hydroxylation sites is 2. The van der Waals surface area contributed by atoms with Crippen molar-refractivity contribution in [1.82, 2.24) is 4.90 Å². The number of benzene rings is 1. The maximum absolute atomic E-state index is 12.9. The van der Waals surface area contributed by atoms with E-state index in [-0.39, 0.29) is 12.2 Å². The molecule has 5 saturated carbocycles. The van der Waals surface area contributed by atoms with E-state index >= 15 is 0 Å². The first-order chi connectivity index (χ1) is 14.6. The zero-order chi connectivity index (χ0) is 21.1. The molecular formula is C25H38N2O3. The topological polar surface area (TPSA) is 50.8 Å². The maximum Gasteiger partial charge on any atom is 0.412 e. The lowest BCUT2D eigenvalue weighted by Crippen LogP contribution is -2.63. The van der Waals surface area contributed by atoms with E-state index in [1.165, 1.54) is 44.9 Å². The molecule has 5 aliphatic rings. The summed E-state index contributed by atoms with van der Waals surface area (Å²) < 4.78 is 12.1. The second-order valence-corrected chi connectivity index (χ2v) is 9.75. The van der Waals surface area contributed by atoms with Crippen LogP contribution in [0.2, 0.25) is 0 Å². The third-order valence-electron chi connectivity index (χ3n) is 7.68. The van der Waals surface area contributed by atoms with E-state index in [1.54, 1.807) is 0 Å². The minimum Gasteiger partial charge on any atom is -0.491 e. The summed E-state index contributed by atoms with van der Waals surface area (Å²) >= 11 is 0. The number of likely N-dealkylation sites (N-methyl/N-ethyl adjacent to an activating group) is 1. The van der Waals surface area contributed by atoms with Gasteiger partial charge in [-0.05, 0) is 76.1 Å². The maximum atomic E-state index is 12.9. The van der Waals surface area contributed by atoms with Gasteiger partial charge in [-0.1, -0.05) is 38.3 Å². The second-order valence-electron chi connectivity index (χ2n) is 9.75. The summed E-state index contributed by atoms with van der Waals surface area (Å²) in [5.74, 6) is 3.45. The van der Waals surface area contributed by atoms with Crippen LogP contribution in [-0.4, -0.2) is 43.8 Å². The molecule has 5 nitrogen and oxygen atoms in total. The highest BCUT2D eigenvalue weighted by Crippen LogP contribution is 2.57. The van der Waals surface area contributed by atoms with Crippen molar-refractivity contribution in [1.29, 1.82) is 0 Å². The van der Waals surface area contributed by atoms with E-state index in [0.29, 0.717) is 30.2 Å². The van der Waals surface area contributed by atoms with E-state index in [4.69, 9.17) is 9.47 Å². The van der Waals surface area contributed by atoms with Gasteiger partial charge in [0.25, 0.3) is 0 Å². The van der Waals surface area contributed by atoms with E-state index in [2.05, 4.69) is 31.2 Å². The Labute approximate surface area is 181 Å². The number of fused-ring (bicyclic) bond motifs is 2. The van der Waals surface area contributed by atoms with Crippen LogP contribution in [0.1, 0.15) is 58.3 Å². The lowest BCUT2D eigenvalue weighted by Gasteiger charge is -2.60. The number of unbranched alkanes of at least 4 members (excludes halogenated alkanes) is 3. The van der Waals surface area contributed by atoms with Gasteiger partial charge in [0.05, 0.1) is 12.3 Å². The summed E-state index contributed by atoms with van der Waals surface area (Å²) in [4.78, 5) is 15.2. The highest BCUT2D eigenvalue weighted by molar-refractivity contribution is 5.86. The highest BCUT2D eigenvalue weighted by atomic mass is 16.6. The molecule has 0 heterocycles. The lowest BCUT2D eigenvalue weighted by molar-refractivity contribution is -0.148. The van der Waals surface area contributed by atoms with Crippen LogP contribution < -0.4 is 10.1 Å². The normalized spacial score (nSPS) is 31.7. The van der Waals surface area contributed by atoms with Crippen LogP contribution in [0.3, 0.4) is 0 Å². The largest absolute Gasteiger partial charge is 0.491 e. The molecule has 0 spiro atoms. The Bertz CT molecular complexity index is 722. The minimum absolute atomic E-state index is 0.0116. The summed E-state index contributed by atoms with van der Waals surface area (Å²) in [5, 5.41) is 2.97. The van der Waals surface area contributed by atoms with Crippen LogP contribution in [0.4, 0.5) is 10.5 Å². The minimum atomic E-state index is -0.350. The monoisotopic (exact) mass is 414 g/mol. The van der Waals surface area contributed by atoms with Crippen LogP contribution in [0, 0.1) is 23.7 Å². The van der Waals surface area contributed by atoms with Crippen LogP contribution >= 0.6 is 0 Å². The van der Waals surface area contributed by atoms with Gasteiger partial charge in [0, 0.05) is 12.0 Å². The molecule has 0 saturated heterocycles. The molecule has 0 radical (unpaired) electrons. The number of anilines is 1. The van der Waals surface area contributed by atoms with E-state index < -0.39 is 0 Å². The molecule has 4 bridgehead atoms. The summed E-state index contributed by atoms with van der Waals surface area (Å²) in [7, 11) is 4.27. The molecule has 5 heteroatoms. The first kappa shape index (κ1) is 21.5. The predicted molar refractivity (Wildman–Crippen MR) is 120 cm³/mol. The lowest BCUT2D eigenvalue weighted by atomic mass is 9.50. The molecule has 30 heavy (non-hydrogen) atoms. The molecular weight excluding hydrogens is 376 g/mol. The number of amides is 1. The van der Waals surface area contributed by atoms with Crippen molar-refractivity contribution in [3.05, 3.63) is 24.3 Å². The Morgan fingerprint density at radius 3 is 2.50 bits per heavy atom. The van der Waals surface area contributed by atoms with Crippen molar-refractivity contribution in [2.75, 3.05) is 26.0 Å². The van der Waals surface area contributed by atoms with E-state index in [1.807, 2.05) is 24.3 Å². The Kier molecular flexibility index (Phi) is 6.87. The fourth-order valence-corrected chi connectivity index (χ4v) is 6.35. The summed E-state index contributed by atoms with van der Waals surface area (Å²) in [6.07, 6.45) is 9.50. The predicted octanol–water partition coefficient (Wildman–Crippen LogP) is 5.56. The molecule has 1 aromatic rings. The van der Waals surface area contributed by atoms with Gasteiger partial charge in [-0.15, -0.1) is 0 Å². The van der Waals surface area contributed by atoms with E-state index in [9.17, 15) is 4.79 Å². The molecule has 6 atom stereocenters. The van der Waals surface area contributed by atoms with Gasteiger partial charge < -0.3 is 14.4 Å². The van der Waals surface area contributed by atoms with Crippen LogP contribution in [-0.2, 0) is 4.74 Å². The van der Waals surface area contributed by atoms with Gasteiger partial charge in [-0.3, -0.25) is 5.32 Å². The Balaban J connectivity index is 1.38. The van der Waals surface area contributed by atoms with Crippen molar-refractivity contribution in [2.24, 2.45) is 23.7 Å². The van der Waals surface area contributed by atoms with E-state index in [0.717, 1.165) is 24.0 Å². The van der Waals surface area contributed by atoms with Crippen molar-refractivity contribution in [2.45, 2.75) is 70.4 Å². The SMILES string of the molecule is CCCCCCOc1ccccc1NC(=O)OC1C2CC3CCC2CC3C1N(C)C. The van der Waals surface area contributed by atoms with Gasteiger partial charge in [0.1, 0.15) is 11.9 Å². The first-order valence-corrected chi connectivity index (χ1v) is 11.9. The third-order valence-corrected chi connectivity index (χ3v) is 7.68. The van der Waals surface area contributed by atoms with Gasteiger partial charge in [0.15, 0.2) is 0 Å². The average molecular weight is 415 g/mol. The molecule has 5 aliphatic carbocycles. The number of hydrogen-bond donors (Lipinski definition) is 1. The molecule has 0 aromatic heterocycles. The fraction of sp³-hybridized carbons (Fsp3) is 0.720. The molecule has 1 aromatic carbocycles. The number of nitrogens with one attached hydrogen (secondary N) is 1. The summed E-state index contributed by atoms with van der Waals surface area (Å²) in [5.41, 5.74) is 0.696. The molecule has 1 N–H and O–H groups in total. The van der Waals surface area contributed by atoms with Gasteiger partial charge in [-0.25, -0.2) is 4.79 Å². The fourth-order valence-electron chi connectivity index (χ4n) is 6.35. The molecule has 6 rings (SSSR count). The molecule has 6 unspecified atom stereocenters. The van der Waals surface area contributed by atoms with Gasteiger partial charge in [0.2, 0.25) is 0 Å². The summed E-state index contributed by atoms with van der Waals surface area (Å²) in [6, 6.07) is 8.00. The first-order valence-electron chi connectivity index (χ1n) is 11.9. The number of carbonyl (C=O) groups excluding carboxylic acids is 1. The number of nitrogens with zero attached hydrogens (tertiary/aromatic N) is 1. The van der Waals surface area contributed by atoms with Crippen molar-refractivity contribution in [3.8, 4) is 5.75 Å². The second kappa shape index (κ2) is 9.59. The third kappa shape index (κ3) is 4.46. The van der Waals surface area contributed by atoms with Crippen molar-refractivity contribution < 1.29 is 14.3 Å². The Hall–Kier alpha value is -1.75. The Morgan fingerprint density at radius 1 is 1.07 bits per heavy atom. The molecule has 1 amide bonds. The molecule has 166 valence electrons. The summed E-state index contributed by atoms with van der Waals surface area (Å²) in [6.45, 7) is 2.88. The quantitative estimate of drug-likeness (QED) is 0.538. The molecule has 0 aliphatic heterocycles. The van der Waals surface area contributed by atoms with Crippen LogP contribution in [0.15, 0.2) is 24.3 Å². The highest BCUT2D eigenvalue weighted by Gasteiger charge is 2.57. The van der Waals surface area contributed by atoms with Gasteiger partial charge >= 0.3 is 6.09 Å². The zero-order valence-electron chi connectivity index (χ0n) is 18.8. The molecule has 5 fully saturated rings. The number of rotatable bonds is 9. The van der Waals surface area contributed by atoms with Crippen molar-refractivity contribution >= 4 is 11.8 Å².